The van der Waals surface area contributed by atoms with Gasteiger partial charge in [-0.25, -0.2) is 4.98 Å². The fourth-order valence-corrected chi connectivity index (χ4v) is 3.03. The van der Waals surface area contributed by atoms with Gasteiger partial charge in [-0.05, 0) is 37.7 Å². The molecule has 1 saturated carbocycles. The van der Waals surface area contributed by atoms with E-state index in [1.165, 1.54) is 12.8 Å². The maximum atomic E-state index is 12.2. The molecule has 5 nitrogen and oxygen atoms in total. The first-order valence-corrected chi connectivity index (χ1v) is 8.22. The molecule has 1 aromatic heterocycles. The van der Waals surface area contributed by atoms with Gasteiger partial charge >= 0.3 is 0 Å². The first kappa shape index (κ1) is 15.3. The van der Waals surface area contributed by atoms with Gasteiger partial charge in [0.15, 0.2) is 0 Å². The summed E-state index contributed by atoms with van der Waals surface area (Å²) < 4.78 is 11.0. The summed E-state index contributed by atoms with van der Waals surface area (Å²) >= 11 is 0. The number of ether oxygens (including phenoxy) is 2. The zero-order valence-corrected chi connectivity index (χ0v) is 13.1. The van der Waals surface area contributed by atoms with E-state index in [4.69, 9.17) is 9.47 Å². The molecular formula is C17H24N2O3. The number of amides is 1. The van der Waals surface area contributed by atoms with Crippen LogP contribution in [-0.4, -0.2) is 36.3 Å². The Morgan fingerprint density at radius 2 is 2.09 bits per heavy atom. The Bertz CT molecular complexity index is 489. The predicted molar refractivity (Wildman–Crippen MR) is 83.0 cm³/mol. The molecule has 1 atom stereocenters. The van der Waals surface area contributed by atoms with Crippen molar-refractivity contribution in [1.82, 2.24) is 10.3 Å². The maximum absolute atomic E-state index is 12.2. The highest BCUT2D eigenvalue weighted by molar-refractivity contribution is 5.94. The monoisotopic (exact) mass is 304 g/mol. The van der Waals surface area contributed by atoms with E-state index in [0.717, 1.165) is 31.8 Å². The van der Waals surface area contributed by atoms with E-state index in [2.05, 4.69) is 17.2 Å². The van der Waals surface area contributed by atoms with E-state index in [1.807, 2.05) is 0 Å². The third-order valence-electron chi connectivity index (χ3n) is 4.52. The molecule has 2 fully saturated rings. The number of nitrogens with zero attached hydrogens (tertiary/aromatic N) is 1. The molecule has 5 heteroatoms. The molecule has 2 heterocycles. The van der Waals surface area contributed by atoms with Crippen LogP contribution in [0.5, 0.6) is 5.88 Å². The van der Waals surface area contributed by atoms with Crippen molar-refractivity contribution in [2.75, 3.05) is 13.2 Å². The highest BCUT2D eigenvalue weighted by atomic mass is 16.5. The lowest BCUT2D eigenvalue weighted by Crippen LogP contribution is -2.37. The summed E-state index contributed by atoms with van der Waals surface area (Å²) in [6, 6.07) is 3.84. The summed E-state index contributed by atoms with van der Waals surface area (Å²) in [5, 5.41) is 3.11. The van der Waals surface area contributed by atoms with Crippen LogP contribution in [0.4, 0.5) is 0 Å². The molecule has 0 radical (unpaired) electrons. The molecular weight excluding hydrogens is 280 g/mol. The van der Waals surface area contributed by atoms with Gasteiger partial charge in [0.1, 0.15) is 6.10 Å². The van der Waals surface area contributed by atoms with E-state index < -0.39 is 0 Å². The Hall–Kier alpha value is -1.62. The van der Waals surface area contributed by atoms with Crippen LogP contribution >= 0.6 is 0 Å². The number of nitrogens with one attached hydrogen (secondary N) is 1. The van der Waals surface area contributed by atoms with Crippen LogP contribution in [0.15, 0.2) is 18.3 Å². The normalized spacial score (nSPS) is 28.3. The first-order valence-electron chi connectivity index (χ1n) is 8.22. The van der Waals surface area contributed by atoms with Crippen LogP contribution in [0, 0.1) is 5.92 Å². The third kappa shape index (κ3) is 3.97. The Morgan fingerprint density at radius 3 is 2.73 bits per heavy atom. The van der Waals surface area contributed by atoms with E-state index in [1.54, 1.807) is 18.3 Å². The van der Waals surface area contributed by atoms with E-state index in [0.29, 0.717) is 24.1 Å². The van der Waals surface area contributed by atoms with Gasteiger partial charge in [-0.15, -0.1) is 0 Å². The maximum Gasteiger partial charge on any atom is 0.253 e. The number of hydrogen-bond acceptors (Lipinski definition) is 4. The van der Waals surface area contributed by atoms with Crippen molar-refractivity contribution in [2.24, 2.45) is 5.92 Å². The SMILES string of the molecule is CC1CCC(NC(=O)c2ccc(OC3CCOC3)nc2)CC1. The standard InChI is InChI=1S/C17H24N2O3/c1-12-2-5-14(6-3-12)19-17(20)13-4-7-16(18-10-13)22-15-8-9-21-11-15/h4,7,10,12,14-15H,2-3,5-6,8-9,11H2,1H3,(H,19,20). The molecule has 1 amide bonds. The predicted octanol–water partition coefficient (Wildman–Crippen LogP) is 2.56. The second-order valence-corrected chi connectivity index (χ2v) is 6.42. The quantitative estimate of drug-likeness (QED) is 0.928. The fraction of sp³-hybridized carbons (Fsp3) is 0.647. The number of carbonyl (C=O) groups is 1. The molecule has 1 saturated heterocycles. The molecule has 2 aliphatic rings. The summed E-state index contributed by atoms with van der Waals surface area (Å²) in [4.78, 5) is 16.5. The molecule has 1 N–H and O–H groups in total. The molecule has 1 aromatic rings. The molecule has 0 aromatic carbocycles. The Labute approximate surface area is 131 Å². The first-order chi connectivity index (χ1) is 10.7. The van der Waals surface area contributed by atoms with Crippen LogP contribution in [0.3, 0.4) is 0 Å². The summed E-state index contributed by atoms with van der Waals surface area (Å²) in [6.07, 6.45) is 7.10. The topological polar surface area (TPSA) is 60.5 Å². The van der Waals surface area contributed by atoms with Crippen LogP contribution < -0.4 is 10.1 Å². The lowest BCUT2D eigenvalue weighted by Gasteiger charge is -2.26. The van der Waals surface area contributed by atoms with Gasteiger partial charge in [0.2, 0.25) is 5.88 Å². The number of rotatable bonds is 4. The Balaban J connectivity index is 1.51. The van der Waals surface area contributed by atoms with Gasteiger partial charge in [0, 0.05) is 24.7 Å². The zero-order valence-electron chi connectivity index (χ0n) is 13.1. The number of carbonyl (C=O) groups excluding carboxylic acids is 1. The highest BCUT2D eigenvalue weighted by Crippen LogP contribution is 2.23. The summed E-state index contributed by atoms with van der Waals surface area (Å²) in [5.74, 6) is 1.30. The van der Waals surface area contributed by atoms with Gasteiger partial charge in [-0.3, -0.25) is 4.79 Å². The number of aromatic nitrogens is 1. The minimum Gasteiger partial charge on any atom is -0.472 e. The van der Waals surface area contributed by atoms with Crippen molar-refractivity contribution in [3.8, 4) is 5.88 Å². The van der Waals surface area contributed by atoms with Crippen molar-refractivity contribution in [3.05, 3.63) is 23.9 Å². The van der Waals surface area contributed by atoms with Gasteiger partial charge in [0.25, 0.3) is 5.91 Å². The smallest absolute Gasteiger partial charge is 0.253 e. The van der Waals surface area contributed by atoms with Gasteiger partial charge < -0.3 is 14.8 Å². The van der Waals surface area contributed by atoms with Crippen LogP contribution in [0.25, 0.3) is 0 Å². The minimum absolute atomic E-state index is 0.0391. The summed E-state index contributed by atoms with van der Waals surface area (Å²) in [7, 11) is 0. The lowest BCUT2D eigenvalue weighted by molar-refractivity contribution is 0.0922. The van der Waals surface area contributed by atoms with Gasteiger partial charge in [-0.1, -0.05) is 6.92 Å². The molecule has 1 unspecified atom stereocenters. The van der Waals surface area contributed by atoms with Crippen molar-refractivity contribution in [2.45, 2.75) is 51.2 Å². The van der Waals surface area contributed by atoms with E-state index >= 15 is 0 Å². The van der Waals surface area contributed by atoms with Crippen molar-refractivity contribution in [1.29, 1.82) is 0 Å². The zero-order chi connectivity index (χ0) is 15.4. The molecule has 0 bridgehead atoms. The van der Waals surface area contributed by atoms with Crippen LogP contribution in [0.2, 0.25) is 0 Å². The van der Waals surface area contributed by atoms with E-state index in [-0.39, 0.29) is 12.0 Å². The van der Waals surface area contributed by atoms with E-state index in [9.17, 15) is 4.79 Å². The molecule has 120 valence electrons. The van der Waals surface area contributed by atoms with Gasteiger partial charge in [-0.2, -0.15) is 0 Å². The molecule has 3 rings (SSSR count). The lowest BCUT2D eigenvalue weighted by atomic mass is 9.87. The van der Waals surface area contributed by atoms with Crippen molar-refractivity contribution >= 4 is 5.91 Å². The molecule has 0 spiro atoms. The third-order valence-corrected chi connectivity index (χ3v) is 4.52. The van der Waals surface area contributed by atoms with Crippen LogP contribution in [0.1, 0.15) is 49.4 Å². The summed E-state index contributed by atoms with van der Waals surface area (Å²) in [5.41, 5.74) is 0.591. The molecule has 1 aliphatic heterocycles. The van der Waals surface area contributed by atoms with Crippen LogP contribution in [-0.2, 0) is 4.74 Å². The Morgan fingerprint density at radius 1 is 1.27 bits per heavy atom. The second kappa shape index (κ2) is 7.09. The average molecular weight is 304 g/mol. The number of pyridine rings is 1. The largest absolute Gasteiger partial charge is 0.472 e. The number of hydrogen-bond donors (Lipinski definition) is 1. The van der Waals surface area contributed by atoms with Crippen molar-refractivity contribution < 1.29 is 14.3 Å². The Kier molecular flexibility index (Phi) is 4.93. The molecule has 1 aliphatic carbocycles. The second-order valence-electron chi connectivity index (χ2n) is 6.42. The highest BCUT2D eigenvalue weighted by Gasteiger charge is 2.21. The fourth-order valence-electron chi connectivity index (χ4n) is 3.03. The van der Waals surface area contributed by atoms with Crippen molar-refractivity contribution in [3.63, 3.8) is 0 Å². The summed E-state index contributed by atoms with van der Waals surface area (Å²) in [6.45, 7) is 3.63. The van der Waals surface area contributed by atoms with Gasteiger partial charge in [0.05, 0.1) is 18.8 Å². The molecule has 22 heavy (non-hydrogen) atoms. The average Bonchev–Trinajstić information content (AvgIpc) is 3.03. The minimum atomic E-state index is -0.0391.